The van der Waals surface area contributed by atoms with Gasteiger partial charge in [-0.3, -0.25) is 4.79 Å². The molecule has 3 nitrogen and oxygen atoms in total. The first-order chi connectivity index (χ1) is 20.0. The minimum absolute atomic E-state index is 0.142. The number of para-hydroxylation sites is 1. The Morgan fingerprint density at radius 2 is 1.32 bits per heavy atom. The zero-order valence-corrected chi connectivity index (χ0v) is 24.9. The van der Waals surface area contributed by atoms with Crippen molar-refractivity contribution in [2.75, 3.05) is 0 Å². The van der Waals surface area contributed by atoms with Crippen molar-refractivity contribution in [3.05, 3.63) is 150 Å². The van der Waals surface area contributed by atoms with Crippen LogP contribution in [0.25, 0.3) is 11.6 Å². The molecule has 0 aromatic heterocycles. The van der Waals surface area contributed by atoms with E-state index in [0.29, 0.717) is 6.42 Å². The topological polar surface area (TPSA) is 46.5 Å². The second-order valence-corrected chi connectivity index (χ2v) is 9.37. The van der Waals surface area contributed by atoms with Crippen molar-refractivity contribution in [3.63, 3.8) is 0 Å². The molecule has 4 aromatic rings. The van der Waals surface area contributed by atoms with Crippen molar-refractivity contribution in [1.82, 2.24) is 0 Å². The summed E-state index contributed by atoms with van der Waals surface area (Å²) in [5.74, 6) is 0.187. The molecule has 0 bridgehead atoms. The SMILES string of the molecule is C/C=C(/CCC(=O)O)c1ccccc1CC.C/C=C/c1ccccc1.CCC(Oc1ccccc1)c1ccccc1. The van der Waals surface area contributed by atoms with Crippen LogP contribution in [0.15, 0.2) is 127 Å². The molecule has 0 spiro atoms. The van der Waals surface area contributed by atoms with Gasteiger partial charge in [0.2, 0.25) is 0 Å². The Morgan fingerprint density at radius 1 is 0.756 bits per heavy atom. The van der Waals surface area contributed by atoms with Crippen LogP contribution in [-0.2, 0) is 11.2 Å². The maximum Gasteiger partial charge on any atom is 0.303 e. The average molecular weight is 549 g/mol. The van der Waals surface area contributed by atoms with Gasteiger partial charge in [0, 0.05) is 6.42 Å². The number of carboxylic acid groups (broad SMARTS) is 1. The third-order valence-electron chi connectivity index (χ3n) is 6.42. The van der Waals surface area contributed by atoms with Crippen molar-refractivity contribution in [2.45, 2.75) is 59.5 Å². The molecule has 3 heteroatoms. The van der Waals surface area contributed by atoms with Gasteiger partial charge >= 0.3 is 5.97 Å². The number of rotatable bonds is 10. The van der Waals surface area contributed by atoms with Crippen molar-refractivity contribution < 1.29 is 14.6 Å². The van der Waals surface area contributed by atoms with Gasteiger partial charge in [0.05, 0.1) is 0 Å². The number of aryl methyl sites for hydroxylation is 1. The van der Waals surface area contributed by atoms with Crippen LogP contribution in [0.5, 0.6) is 5.75 Å². The second-order valence-electron chi connectivity index (χ2n) is 9.37. The van der Waals surface area contributed by atoms with Crippen LogP contribution in [0, 0.1) is 0 Å². The van der Waals surface area contributed by atoms with Gasteiger partial charge in [-0.05, 0) is 73.1 Å². The van der Waals surface area contributed by atoms with E-state index in [0.717, 1.165) is 24.2 Å². The summed E-state index contributed by atoms with van der Waals surface area (Å²) in [7, 11) is 0. The molecule has 0 amide bonds. The van der Waals surface area contributed by atoms with E-state index in [1.165, 1.54) is 22.3 Å². The summed E-state index contributed by atoms with van der Waals surface area (Å²) in [5.41, 5.74) is 6.09. The molecule has 0 saturated heterocycles. The molecule has 0 aliphatic rings. The van der Waals surface area contributed by atoms with E-state index < -0.39 is 5.97 Å². The number of carboxylic acids is 1. The maximum absolute atomic E-state index is 10.6. The molecular weight excluding hydrogens is 504 g/mol. The number of ether oxygens (including phenoxy) is 1. The first-order valence-electron chi connectivity index (χ1n) is 14.4. The fourth-order valence-corrected chi connectivity index (χ4v) is 4.29. The van der Waals surface area contributed by atoms with Crippen molar-refractivity contribution in [2.24, 2.45) is 0 Å². The zero-order valence-electron chi connectivity index (χ0n) is 24.9. The van der Waals surface area contributed by atoms with Gasteiger partial charge in [-0.15, -0.1) is 0 Å². The molecule has 1 unspecified atom stereocenters. The van der Waals surface area contributed by atoms with E-state index in [1.807, 2.05) is 105 Å². The highest BCUT2D eigenvalue weighted by atomic mass is 16.5. The largest absolute Gasteiger partial charge is 0.486 e. The molecule has 0 radical (unpaired) electrons. The predicted octanol–water partition coefficient (Wildman–Crippen LogP) is 10.5. The Hall–Kier alpha value is -4.37. The third kappa shape index (κ3) is 12.6. The van der Waals surface area contributed by atoms with Crippen LogP contribution in [0.2, 0.25) is 0 Å². The van der Waals surface area contributed by atoms with Crippen LogP contribution >= 0.6 is 0 Å². The molecule has 0 saturated carbocycles. The maximum atomic E-state index is 10.6. The lowest BCUT2D eigenvalue weighted by atomic mass is 9.95. The predicted molar refractivity (Wildman–Crippen MR) is 174 cm³/mol. The molecule has 0 heterocycles. The first-order valence-corrected chi connectivity index (χ1v) is 14.4. The zero-order chi connectivity index (χ0) is 29.7. The molecule has 1 N–H and O–H groups in total. The summed E-state index contributed by atoms with van der Waals surface area (Å²) in [6.07, 6.45) is 9.01. The van der Waals surface area contributed by atoms with Gasteiger partial charge in [0.1, 0.15) is 11.9 Å². The van der Waals surface area contributed by atoms with Crippen molar-refractivity contribution >= 4 is 17.6 Å². The summed E-state index contributed by atoms with van der Waals surface area (Å²) in [6.45, 7) is 8.24. The smallest absolute Gasteiger partial charge is 0.303 e. The van der Waals surface area contributed by atoms with E-state index in [4.69, 9.17) is 9.84 Å². The highest BCUT2D eigenvalue weighted by Crippen LogP contribution is 2.25. The van der Waals surface area contributed by atoms with E-state index >= 15 is 0 Å². The molecule has 214 valence electrons. The number of allylic oxidation sites excluding steroid dienone is 3. The Labute approximate surface area is 246 Å². The molecule has 4 aromatic carbocycles. The summed E-state index contributed by atoms with van der Waals surface area (Å²) in [6, 6.07) is 38.7. The molecule has 0 aliphatic heterocycles. The summed E-state index contributed by atoms with van der Waals surface area (Å²) in [5, 5.41) is 8.70. The lowest BCUT2D eigenvalue weighted by Gasteiger charge is -2.17. The summed E-state index contributed by atoms with van der Waals surface area (Å²) in [4.78, 5) is 10.6. The van der Waals surface area contributed by atoms with Crippen LogP contribution in [0.4, 0.5) is 0 Å². The van der Waals surface area contributed by atoms with Crippen molar-refractivity contribution in [1.29, 1.82) is 0 Å². The van der Waals surface area contributed by atoms with Crippen LogP contribution in [0.3, 0.4) is 0 Å². The molecule has 41 heavy (non-hydrogen) atoms. The Morgan fingerprint density at radius 3 is 1.85 bits per heavy atom. The number of aliphatic carboxylic acids is 1. The van der Waals surface area contributed by atoms with Gasteiger partial charge in [0.25, 0.3) is 0 Å². The Kier molecular flexibility index (Phi) is 15.7. The van der Waals surface area contributed by atoms with Gasteiger partial charge in [-0.2, -0.15) is 0 Å². The van der Waals surface area contributed by atoms with Crippen LogP contribution in [0.1, 0.15) is 75.3 Å². The summed E-state index contributed by atoms with van der Waals surface area (Å²) < 4.78 is 5.95. The van der Waals surface area contributed by atoms with Gasteiger partial charge in [0.15, 0.2) is 0 Å². The van der Waals surface area contributed by atoms with Gasteiger partial charge in [-0.25, -0.2) is 0 Å². The first kappa shape index (κ1) is 32.8. The van der Waals surface area contributed by atoms with Gasteiger partial charge < -0.3 is 9.84 Å². The molecular formula is C38H44O3. The van der Waals surface area contributed by atoms with E-state index in [1.54, 1.807) is 0 Å². The molecule has 0 aliphatic carbocycles. The van der Waals surface area contributed by atoms with Crippen LogP contribution in [-0.4, -0.2) is 11.1 Å². The summed E-state index contributed by atoms with van der Waals surface area (Å²) >= 11 is 0. The molecule has 4 rings (SSSR count). The lowest BCUT2D eigenvalue weighted by Crippen LogP contribution is -2.05. The van der Waals surface area contributed by atoms with E-state index in [2.05, 4.69) is 56.3 Å². The monoisotopic (exact) mass is 548 g/mol. The average Bonchev–Trinajstić information content (AvgIpc) is 3.02. The third-order valence-corrected chi connectivity index (χ3v) is 6.42. The van der Waals surface area contributed by atoms with E-state index in [-0.39, 0.29) is 12.5 Å². The van der Waals surface area contributed by atoms with Crippen molar-refractivity contribution in [3.8, 4) is 5.75 Å². The number of hydrogen-bond acceptors (Lipinski definition) is 2. The van der Waals surface area contributed by atoms with Gasteiger partial charge in [-0.1, -0.05) is 135 Å². The fraction of sp³-hybridized carbons (Fsp3) is 0.237. The fourth-order valence-electron chi connectivity index (χ4n) is 4.29. The number of hydrogen-bond donors (Lipinski definition) is 1. The quantitative estimate of drug-likeness (QED) is 0.214. The normalized spacial score (nSPS) is 11.5. The van der Waals surface area contributed by atoms with Crippen LogP contribution < -0.4 is 4.74 Å². The minimum Gasteiger partial charge on any atom is -0.486 e. The molecule has 0 fully saturated rings. The Bertz CT molecular complexity index is 1310. The standard InChI is InChI=1S/C15H16O.C14H18O2.C9H10/c1-2-15(13-9-5-3-6-10-13)16-14-11-7-4-8-12-14;1-3-11-7-5-6-8-13(11)12(4-2)9-10-14(15)16;1-2-6-9-7-4-3-5-8-9/h3-12,15H,2H2,1H3;4-8H,3,9-10H2,1-2H3,(H,15,16);2-8H,1H3/b;12-4-;6-2+. The number of benzene rings is 4. The lowest BCUT2D eigenvalue weighted by molar-refractivity contribution is -0.136. The Balaban J connectivity index is 0.000000224. The highest BCUT2D eigenvalue weighted by molar-refractivity contribution is 5.74. The number of carbonyl (C=O) groups is 1. The van der Waals surface area contributed by atoms with E-state index in [9.17, 15) is 4.79 Å². The molecule has 1 atom stereocenters. The minimum atomic E-state index is -0.742. The highest BCUT2D eigenvalue weighted by Gasteiger charge is 2.10. The second kappa shape index (κ2) is 19.7.